The summed E-state index contributed by atoms with van der Waals surface area (Å²) in [6.45, 7) is 0. The van der Waals surface area contributed by atoms with Gasteiger partial charge in [0.05, 0.1) is 11.6 Å². The lowest BCUT2D eigenvalue weighted by Crippen LogP contribution is -2.25. The van der Waals surface area contributed by atoms with Crippen LogP contribution in [0.3, 0.4) is 0 Å². The molecule has 0 aliphatic rings. The maximum atomic E-state index is 14.0. The maximum Gasteiger partial charge on any atom is 0.200 e. The molecule has 2 rings (SSSR count). The topological polar surface area (TPSA) is 3.24 Å². The van der Waals surface area contributed by atoms with Gasteiger partial charge >= 0.3 is 0 Å². The molecule has 0 heterocycles. The summed E-state index contributed by atoms with van der Waals surface area (Å²) in [7, 11) is 2.99. The van der Waals surface area contributed by atoms with E-state index in [0.717, 1.165) is 0 Å². The van der Waals surface area contributed by atoms with Crippen LogP contribution >= 0.6 is 0 Å². The Kier molecular flexibility index (Phi) is 4.27. The van der Waals surface area contributed by atoms with Crippen molar-refractivity contribution in [2.24, 2.45) is 0 Å². The summed E-state index contributed by atoms with van der Waals surface area (Å²) in [6, 6.07) is 6.96. The fraction of sp³-hybridized carbons (Fsp3) is 0.200. The molecule has 0 saturated carbocycles. The predicted octanol–water partition coefficient (Wildman–Crippen LogP) is 4.03. The molecule has 0 spiro atoms. The molecular weight excluding hydrogens is 289 g/mol. The Morgan fingerprint density at radius 1 is 0.714 bits per heavy atom. The minimum atomic E-state index is -2.15. The van der Waals surface area contributed by atoms with Crippen molar-refractivity contribution < 1.29 is 22.0 Å². The largest absolute Gasteiger partial charge is 0.298 e. The van der Waals surface area contributed by atoms with Gasteiger partial charge < -0.3 is 0 Å². The van der Waals surface area contributed by atoms with E-state index in [1.54, 1.807) is 30.3 Å². The molecule has 2 aromatic carbocycles. The van der Waals surface area contributed by atoms with Crippen LogP contribution < -0.4 is 0 Å². The van der Waals surface area contributed by atoms with Crippen molar-refractivity contribution in [2.45, 2.75) is 6.04 Å². The van der Waals surface area contributed by atoms with E-state index in [9.17, 15) is 22.0 Å². The van der Waals surface area contributed by atoms with Gasteiger partial charge in [0, 0.05) is 0 Å². The lowest BCUT2D eigenvalue weighted by Gasteiger charge is -2.26. The molecule has 2 aromatic rings. The first-order valence-electron chi connectivity index (χ1n) is 6.09. The van der Waals surface area contributed by atoms with Crippen molar-refractivity contribution in [3.05, 3.63) is 70.5 Å². The predicted molar refractivity (Wildman–Crippen MR) is 68.2 cm³/mol. The number of hydrogen-bond donors (Lipinski definition) is 0. The molecule has 0 fully saturated rings. The Labute approximate surface area is 118 Å². The first kappa shape index (κ1) is 15.4. The molecule has 0 aliphatic heterocycles. The van der Waals surface area contributed by atoms with E-state index in [4.69, 9.17) is 0 Å². The summed E-state index contributed by atoms with van der Waals surface area (Å²) >= 11 is 0. The van der Waals surface area contributed by atoms with Crippen molar-refractivity contribution in [2.75, 3.05) is 14.1 Å². The number of rotatable bonds is 3. The highest BCUT2D eigenvalue weighted by Crippen LogP contribution is 2.34. The van der Waals surface area contributed by atoms with Gasteiger partial charge in [-0.2, -0.15) is 0 Å². The zero-order valence-electron chi connectivity index (χ0n) is 11.3. The number of benzene rings is 2. The fourth-order valence-corrected chi connectivity index (χ4v) is 2.22. The van der Waals surface area contributed by atoms with E-state index >= 15 is 0 Å². The molecule has 21 heavy (non-hydrogen) atoms. The second kappa shape index (κ2) is 5.81. The van der Waals surface area contributed by atoms with Gasteiger partial charge in [-0.1, -0.05) is 30.3 Å². The lowest BCUT2D eigenvalue weighted by atomic mass is 9.96. The number of hydrogen-bond acceptors (Lipinski definition) is 1. The lowest BCUT2D eigenvalue weighted by molar-refractivity contribution is 0.302. The third-order valence-electron chi connectivity index (χ3n) is 3.15. The van der Waals surface area contributed by atoms with Crippen LogP contribution in [0.2, 0.25) is 0 Å². The highest BCUT2D eigenvalue weighted by molar-refractivity contribution is 5.35. The van der Waals surface area contributed by atoms with Crippen LogP contribution in [0.5, 0.6) is 0 Å². The highest BCUT2D eigenvalue weighted by Gasteiger charge is 2.32. The zero-order valence-corrected chi connectivity index (χ0v) is 11.3. The average molecular weight is 301 g/mol. The Morgan fingerprint density at radius 3 is 1.57 bits per heavy atom. The van der Waals surface area contributed by atoms with Gasteiger partial charge in [0.25, 0.3) is 0 Å². The second-order valence-electron chi connectivity index (χ2n) is 4.76. The van der Waals surface area contributed by atoms with Crippen LogP contribution in [-0.2, 0) is 0 Å². The van der Waals surface area contributed by atoms with Crippen molar-refractivity contribution in [3.8, 4) is 0 Å². The molecule has 0 N–H and O–H groups in total. The molecule has 112 valence electrons. The van der Waals surface area contributed by atoms with Crippen LogP contribution in [0.25, 0.3) is 0 Å². The molecule has 0 aromatic heterocycles. The van der Waals surface area contributed by atoms with Crippen LogP contribution in [0.15, 0.2) is 30.3 Å². The van der Waals surface area contributed by atoms with Crippen LogP contribution in [0, 0.1) is 29.1 Å². The van der Waals surface area contributed by atoms with Crippen LogP contribution in [-0.4, -0.2) is 19.0 Å². The van der Waals surface area contributed by atoms with E-state index < -0.39 is 40.7 Å². The van der Waals surface area contributed by atoms with Crippen molar-refractivity contribution in [1.82, 2.24) is 4.90 Å². The van der Waals surface area contributed by atoms with E-state index in [2.05, 4.69) is 0 Å². The molecule has 6 heteroatoms. The average Bonchev–Trinajstić information content (AvgIpc) is 2.48. The van der Waals surface area contributed by atoms with Crippen molar-refractivity contribution in [1.29, 1.82) is 0 Å². The minimum Gasteiger partial charge on any atom is -0.298 e. The zero-order chi connectivity index (χ0) is 15.7. The van der Waals surface area contributed by atoms with Crippen molar-refractivity contribution >= 4 is 0 Å². The highest BCUT2D eigenvalue weighted by atomic mass is 19.2. The summed E-state index contributed by atoms with van der Waals surface area (Å²) in [4.78, 5) is 1.38. The summed E-state index contributed by atoms with van der Waals surface area (Å²) < 4.78 is 67.8. The van der Waals surface area contributed by atoms with Gasteiger partial charge in [-0.05, 0) is 19.7 Å². The van der Waals surface area contributed by atoms with Gasteiger partial charge in [-0.15, -0.1) is 0 Å². The van der Waals surface area contributed by atoms with E-state index in [0.29, 0.717) is 5.56 Å². The Hall–Kier alpha value is -1.95. The number of nitrogens with zero attached hydrogens (tertiary/aromatic N) is 1. The molecule has 0 bridgehead atoms. The third-order valence-corrected chi connectivity index (χ3v) is 3.15. The monoisotopic (exact) mass is 301 g/mol. The summed E-state index contributed by atoms with van der Waals surface area (Å²) in [5, 5.41) is 0. The Bertz CT molecular complexity index is 626. The van der Waals surface area contributed by atoms with Gasteiger partial charge in [0.1, 0.15) is 0 Å². The van der Waals surface area contributed by atoms with Crippen molar-refractivity contribution in [3.63, 3.8) is 0 Å². The Morgan fingerprint density at radius 2 is 1.14 bits per heavy atom. The van der Waals surface area contributed by atoms with Gasteiger partial charge in [0.2, 0.25) is 5.82 Å². The Balaban J connectivity index is 2.73. The van der Waals surface area contributed by atoms with Crippen LogP contribution in [0.1, 0.15) is 17.2 Å². The maximum absolute atomic E-state index is 14.0. The fourth-order valence-electron chi connectivity index (χ4n) is 2.22. The third kappa shape index (κ3) is 2.63. The summed E-state index contributed by atoms with van der Waals surface area (Å²) in [5.41, 5.74) is -0.437. The van der Waals surface area contributed by atoms with E-state index in [1.807, 2.05) is 0 Å². The van der Waals surface area contributed by atoms with Gasteiger partial charge in [0.15, 0.2) is 23.3 Å². The molecule has 1 unspecified atom stereocenters. The molecular formula is C15H12F5N. The molecule has 0 radical (unpaired) electrons. The minimum absolute atomic E-state index is 0.422. The van der Waals surface area contributed by atoms with E-state index in [1.165, 1.54) is 19.0 Å². The quantitative estimate of drug-likeness (QED) is 0.470. The standard InChI is InChI=1S/C15H12F5N/c1-21(2)15(8-6-4-3-5-7-8)9-10(16)12(18)14(20)13(19)11(9)17/h3-7,15H,1-2H3. The van der Waals surface area contributed by atoms with E-state index in [-0.39, 0.29) is 0 Å². The summed E-state index contributed by atoms with van der Waals surface area (Å²) in [6.07, 6.45) is 0. The van der Waals surface area contributed by atoms with Crippen LogP contribution in [0.4, 0.5) is 22.0 Å². The SMILES string of the molecule is CN(C)C(c1ccccc1)c1c(F)c(F)c(F)c(F)c1F. The van der Waals surface area contributed by atoms with Gasteiger partial charge in [-0.25, -0.2) is 22.0 Å². The molecule has 0 amide bonds. The number of halogens is 5. The molecule has 1 atom stereocenters. The first-order chi connectivity index (χ1) is 9.86. The second-order valence-corrected chi connectivity index (χ2v) is 4.76. The molecule has 1 nitrogen and oxygen atoms in total. The van der Waals surface area contributed by atoms with Gasteiger partial charge in [-0.3, -0.25) is 4.90 Å². The smallest absolute Gasteiger partial charge is 0.200 e. The molecule has 0 saturated heterocycles. The normalized spacial score (nSPS) is 12.8. The first-order valence-corrected chi connectivity index (χ1v) is 6.09. The summed E-state index contributed by atoms with van der Waals surface area (Å²) in [5.74, 6) is -9.65. The molecule has 0 aliphatic carbocycles.